The number of nitrogens with zero attached hydrogens (tertiary/aromatic N) is 4. The van der Waals surface area contributed by atoms with E-state index in [-0.39, 0.29) is 83.8 Å². The Kier molecular flexibility index (Phi) is 20.6. The molecule has 8 rings (SSSR count). The first-order chi connectivity index (χ1) is 39.7. The van der Waals surface area contributed by atoms with E-state index in [2.05, 4.69) is 31.0 Å². The van der Waals surface area contributed by atoms with E-state index in [1.54, 1.807) is 13.0 Å². The normalized spacial score (nSPS) is 18.4. The number of aromatic amines is 1. The number of hydrogen-bond acceptors (Lipinski definition) is 12. The number of carbonyl (C=O) groups excluding carboxylic acids is 6. The van der Waals surface area contributed by atoms with Gasteiger partial charge < -0.3 is 35.8 Å². The molecule has 83 heavy (non-hydrogen) atoms. The number of rotatable bonds is 26. The number of piperidine rings is 2. The number of hydrogen-bond donors (Lipinski definition) is 6. The quantitative estimate of drug-likeness (QED) is 0.0294. The third-order valence-corrected chi connectivity index (χ3v) is 16.6. The summed E-state index contributed by atoms with van der Waals surface area (Å²) in [5, 5.41) is 36.9. The van der Waals surface area contributed by atoms with Crippen molar-refractivity contribution < 1.29 is 43.7 Å². The number of phenolic OH excluding ortho intramolecular Hbond substituents is 2. The zero-order valence-corrected chi connectivity index (χ0v) is 49.2. The molecule has 3 aliphatic rings. The maximum absolute atomic E-state index is 14.6. The molecular weight excluding hydrogens is 1050 g/mol. The van der Waals surface area contributed by atoms with Crippen LogP contribution in [0.3, 0.4) is 0 Å². The van der Waals surface area contributed by atoms with Crippen molar-refractivity contribution in [1.82, 2.24) is 40.5 Å². The molecule has 0 radical (unpaired) electrons. The lowest BCUT2D eigenvalue weighted by Gasteiger charge is -2.37. The number of ether oxygens (including phenoxy) is 1. The standard InChI is InChI=1S/C65H84N8O10/c1-40(2)32-48(61(79)68-54(34-44-16-12-9-13-17-44)62(80)67-53(33-41(3)4)58(77)65(7)39-83-65)35-57(76)52(23-20-43-14-10-8-11-15-43)66-60(78)46-26-30-72(31-27-46)63(81)47-24-28-71(29-25-47)38-45-18-21-49(22-19-45)73-59(69-70-64(73)82)51-36-50(42(5)6)55(74)37-56(51)75/h8-19,21-22,36-37,40-42,46-48,52-54,74-75H,20,23-35,38-39H2,1-7H3,(H,66,78)(H,67,80)(H,68,79)(H,70,82)/t48-,52+,53+,54+,65-/m1/s1. The molecule has 0 aliphatic carbocycles. The van der Waals surface area contributed by atoms with Crippen LogP contribution in [0.1, 0.15) is 128 Å². The fourth-order valence-corrected chi connectivity index (χ4v) is 11.7. The van der Waals surface area contributed by atoms with Crippen molar-refractivity contribution in [3.8, 4) is 28.6 Å². The summed E-state index contributed by atoms with van der Waals surface area (Å²) in [5.74, 6) is -2.89. The van der Waals surface area contributed by atoms with Crippen molar-refractivity contribution in [2.24, 2.45) is 29.6 Å². The lowest BCUT2D eigenvalue weighted by atomic mass is 9.87. The molecule has 0 unspecified atom stereocenters. The second-order valence-electron chi connectivity index (χ2n) is 24.5. The molecule has 0 bridgehead atoms. The van der Waals surface area contributed by atoms with Gasteiger partial charge in [0.05, 0.1) is 29.9 Å². The fraction of sp³-hybridized carbons (Fsp3) is 0.508. The van der Waals surface area contributed by atoms with Gasteiger partial charge in [0, 0.05) is 56.3 Å². The van der Waals surface area contributed by atoms with Crippen LogP contribution < -0.4 is 21.6 Å². The summed E-state index contributed by atoms with van der Waals surface area (Å²) in [6.45, 7) is 16.7. The van der Waals surface area contributed by atoms with E-state index in [4.69, 9.17) is 4.74 Å². The number of phenols is 2. The Morgan fingerprint density at radius 1 is 0.699 bits per heavy atom. The highest BCUT2D eigenvalue weighted by Gasteiger charge is 2.50. The number of amides is 4. The van der Waals surface area contributed by atoms with Gasteiger partial charge >= 0.3 is 5.69 Å². The van der Waals surface area contributed by atoms with Gasteiger partial charge in [0.25, 0.3) is 0 Å². The molecule has 4 amide bonds. The molecule has 6 N–H and O–H groups in total. The van der Waals surface area contributed by atoms with Crippen LogP contribution in [-0.2, 0) is 52.9 Å². The minimum Gasteiger partial charge on any atom is -0.508 e. The summed E-state index contributed by atoms with van der Waals surface area (Å²) in [5.41, 5.74) is 2.92. The fourth-order valence-electron chi connectivity index (χ4n) is 11.7. The number of benzene rings is 4. The summed E-state index contributed by atoms with van der Waals surface area (Å²) in [7, 11) is 0. The average molecular weight is 1140 g/mol. The molecule has 0 spiro atoms. The Labute approximate surface area is 487 Å². The predicted molar refractivity (Wildman–Crippen MR) is 316 cm³/mol. The third-order valence-electron chi connectivity index (χ3n) is 16.6. The monoisotopic (exact) mass is 1140 g/mol. The Bertz CT molecular complexity index is 3100. The number of aromatic hydroxyl groups is 2. The zero-order chi connectivity index (χ0) is 59.5. The van der Waals surface area contributed by atoms with Gasteiger partial charge in [0.1, 0.15) is 23.1 Å². The molecule has 5 atom stereocenters. The maximum atomic E-state index is 14.6. The van der Waals surface area contributed by atoms with Crippen molar-refractivity contribution >= 4 is 35.2 Å². The largest absolute Gasteiger partial charge is 0.508 e. The van der Waals surface area contributed by atoms with Crippen molar-refractivity contribution in [2.45, 2.75) is 149 Å². The van der Waals surface area contributed by atoms with Crippen LogP contribution in [-0.4, -0.2) is 126 Å². The summed E-state index contributed by atoms with van der Waals surface area (Å²) < 4.78 is 6.86. The van der Waals surface area contributed by atoms with Crippen molar-refractivity contribution in [1.29, 1.82) is 0 Å². The smallest absolute Gasteiger partial charge is 0.348 e. The van der Waals surface area contributed by atoms with Crippen LogP contribution in [0.4, 0.5) is 0 Å². The van der Waals surface area contributed by atoms with Gasteiger partial charge in [-0.25, -0.2) is 14.5 Å². The number of epoxide rings is 1. The molecule has 4 aromatic carbocycles. The molecule has 4 heterocycles. The van der Waals surface area contributed by atoms with Gasteiger partial charge in [0.15, 0.2) is 17.4 Å². The van der Waals surface area contributed by atoms with E-state index in [0.717, 1.165) is 29.8 Å². The van der Waals surface area contributed by atoms with Gasteiger partial charge in [-0.05, 0) is 130 Å². The minimum atomic E-state index is -1.05. The predicted octanol–water partition coefficient (Wildman–Crippen LogP) is 7.57. The molecule has 1 aromatic heterocycles. The second kappa shape index (κ2) is 27.8. The average Bonchev–Trinajstić information content (AvgIpc) is 4.19. The van der Waals surface area contributed by atoms with Crippen LogP contribution in [0.2, 0.25) is 0 Å². The van der Waals surface area contributed by atoms with Gasteiger partial charge in [-0.1, -0.05) is 114 Å². The molecule has 5 aromatic rings. The van der Waals surface area contributed by atoms with Crippen LogP contribution in [0, 0.1) is 29.6 Å². The summed E-state index contributed by atoms with van der Waals surface area (Å²) in [6.07, 6.45) is 3.88. The van der Waals surface area contributed by atoms with E-state index in [0.29, 0.717) is 87.8 Å². The van der Waals surface area contributed by atoms with Crippen LogP contribution >= 0.6 is 0 Å². The topological polar surface area (TPSA) is 249 Å². The van der Waals surface area contributed by atoms with Crippen LogP contribution in [0.25, 0.3) is 17.1 Å². The van der Waals surface area contributed by atoms with E-state index >= 15 is 0 Å². The van der Waals surface area contributed by atoms with Gasteiger partial charge in [-0.2, -0.15) is 5.10 Å². The highest BCUT2D eigenvalue weighted by Crippen LogP contribution is 2.38. The first-order valence-corrected chi connectivity index (χ1v) is 29.7. The molecule has 18 nitrogen and oxygen atoms in total. The number of carbonyl (C=O) groups is 6. The maximum Gasteiger partial charge on any atom is 0.348 e. The number of nitrogens with one attached hydrogen (secondary N) is 4. The van der Waals surface area contributed by atoms with E-state index < -0.39 is 53.1 Å². The molecule has 3 fully saturated rings. The van der Waals surface area contributed by atoms with E-state index in [9.17, 15) is 43.8 Å². The van der Waals surface area contributed by atoms with E-state index in [1.807, 2.05) is 131 Å². The Hall–Kier alpha value is -7.44. The summed E-state index contributed by atoms with van der Waals surface area (Å²) in [4.78, 5) is 102. The highest BCUT2D eigenvalue weighted by molar-refractivity contribution is 5.98. The molecule has 444 valence electrons. The number of likely N-dealkylation sites (tertiary alicyclic amines) is 2. The molecule has 0 saturated carbocycles. The number of aromatic nitrogens is 3. The SMILES string of the molecule is CC(C)C[C@H](CC(=O)[C@H](CCc1ccccc1)NC(=O)C1CCN(C(=O)C2CCN(Cc3ccc(-n4c(-c5cc(C(C)C)c(O)cc5O)n[nH]c4=O)cc3)CC2)CC1)C(=O)N[C@@H](Cc1ccccc1)C(=O)N[C@@H](CC(C)C)C(=O)[C@@]1(C)CO1. The number of H-pyrrole nitrogens is 1. The first kappa shape index (κ1) is 61.6. The van der Waals surface area contributed by atoms with Crippen LogP contribution in [0.15, 0.2) is 102 Å². The van der Waals surface area contributed by atoms with Gasteiger partial charge in [-0.15, -0.1) is 0 Å². The Balaban J connectivity index is 0.858. The summed E-state index contributed by atoms with van der Waals surface area (Å²) >= 11 is 0. The second-order valence-corrected chi connectivity index (χ2v) is 24.5. The zero-order valence-electron chi connectivity index (χ0n) is 49.2. The highest BCUT2D eigenvalue weighted by atomic mass is 16.6. The molecular formula is C65H84N8O10. The van der Waals surface area contributed by atoms with Crippen molar-refractivity contribution in [3.05, 3.63) is 130 Å². The molecule has 3 saturated heterocycles. The van der Waals surface area contributed by atoms with Gasteiger partial charge in [-0.3, -0.25) is 33.7 Å². The summed E-state index contributed by atoms with van der Waals surface area (Å²) in [6, 6.07) is 26.8. The van der Waals surface area contributed by atoms with Crippen LogP contribution in [0.5, 0.6) is 11.5 Å². The number of Topliss-reactive ketones (excluding diaryl/α,β-unsaturated/α-hetero) is 2. The molecule has 18 heteroatoms. The lowest BCUT2D eigenvalue weighted by Crippen LogP contribution is -2.55. The molecule has 3 aliphatic heterocycles. The van der Waals surface area contributed by atoms with Crippen molar-refractivity contribution in [2.75, 3.05) is 32.8 Å². The Morgan fingerprint density at radius 3 is 1.90 bits per heavy atom. The minimum absolute atomic E-state index is 0.0177. The lowest BCUT2D eigenvalue weighted by molar-refractivity contribution is -0.141. The number of ketones is 2. The third kappa shape index (κ3) is 16.2. The van der Waals surface area contributed by atoms with Gasteiger partial charge in [0.2, 0.25) is 23.6 Å². The van der Waals surface area contributed by atoms with E-state index in [1.165, 1.54) is 10.6 Å². The van der Waals surface area contributed by atoms with Crippen molar-refractivity contribution in [3.63, 3.8) is 0 Å². The number of aryl methyl sites for hydroxylation is 1. The Morgan fingerprint density at radius 2 is 1.30 bits per heavy atom. The first-order valence-electron chi connectivity index (χ1n) is 29.7.